The first-order valence-corrected chi connectivity index (χ1v) is 7.22. The van der Waals surface area contributed by atoms with Crippen LogP contribution in [0.3, 0.4) is 0 Å². The molecule has 0 spiro atoms. The van der Waals surface area contributed by atoms with E-state index in [0.717, 1.165) is 16.4 Å². The standard InChI is InChI=1S/C13H17N5OS/c1-4-14-11-6-5-10(17-18-11)12(19)16-9(3)13-15-7-8(2)20-13/h5-7,9H,4H2,1-3H3,(H,14,18)(H,16,19). The predicted octanol–water partition coefficient (Wildman–Crippen LogP) is 2.16. The van der Waals surface area contributed by atoms with Gasteiger partial charge in [-0.25, -0.2) is 4.98 Å². The quantitative estimate of drug-likeness (QED) is 0.882. The van der Waals surface area contributed by atoms with E-state index >= 15 is 0 Å². The summed E-state index contributed by atoms with van der Waals surface area (Å²) in [7, 11) is 0. The average Bonchev–Trinajstić information content (AvgIpc) is 2.86. The van der Waals surface area contributed by atoms with Gasteiger partial charge in [-0.2, -0.15) is 0 Å². The molecular weight excluding hydrogens is 274 g/mol. The van der Waals surface area contributed by atoms with E-state index in [1.165, 1.54) is 0 Å². The number of hydrogen-bond donors (Lipinski definition) is 2. The zero-order valence-corrected chi connectivity index (χ0v) is 12.5. The lowest BCUT2D eigenvalue weighted by Crippen LogP contribution is -2.27. The van der Waals surface area contributed by atoms with Crippen LogP contribution in [0.25, 0.3) is 0 Å². The molecule has 0 aliphatic rings. The first-order chi connectivity index (χ1) is 9.60. The molecule has 2 aromatic rings. The van der Waals surface area contributed by atoms with Gasteiger partial charge in [0, 0.05) is 17.6 Å². The highest BCUT2D eigenvalue weighted by Crippen LogP contribution is 2.19. The summed E-state index contributed by atoms with van der Waals surface area (Å²) >= 11 is 1.57. The van der Waals surface area contributed by atoms with Crippen molar-refractivity contribution in [3.8, 4) is 0 Å². The summed E-state index contributed by atoms with van der Waals surface area (Å²) in [6.07, 6.45) is 1.80. The maximum atomic E-state index is 12.0. The zero-order valence-electron chi connectivity index (χ0n) is 11.7. The molecule has 0 fully saturated rings. The molecule has 1 atom stereocenters. The van der Waals surface area contributed by atoms with Crippen LogP contribution in [0.4, 0.5) is 5.82 Å². The smallest absolute Gasteiger partial charge is 0.272 e. The van der Waals surface area contributed by atoms with Crippen molar-refractivity contribution in [2.45, 2.75) is 26.8 Å². The van der Waals surface area contributed by atoms with Crippen LogP contribution in [0, 0.1) is 6.92 Å². The Labute approximate surface area is 121 Å². The van der Waals surface area contributed by atoms with Gasteiger partial charge in [-0.15, -0.1) is 21.5 Å². The largest absolute Gasteiger partial charge is 0.369 e. The van der Waals surface area contributed by atoms with Gasteiger partial charge in [0.2, 0.25) is 0 Å². The fourth-order valence-electron chi connectivity index (χ4n) is 1.63. The number of thiazole rings is 1. The van der Waals surface area contributed by atoms with Gasteiger partial charge in [0.05, 0.1) is 6.04 Å². The predicted molar refractivity (Wildman–Crippen MR) is 78.9 cm³/mol. The molecule has 0 bridgehead atoms. The molecular formula is C13H17N5OS. The Hall–Kier alpha value is -2.02. The van der Waals surface area contributed by atoms with Crippen LogP contribution < -0.4 is 10.6 Å². The third-order valence-electron chi connectivity index (χ3n) is 2.61. The molecule has 7 heteroatoms. The lowest BCUT2D eigenvalue weighted by molar-refractivity contribution is 0.0934. The van der Waals surface area contributed by atoms with E-state index in [1.54, 1.807) is 29.7 Å². The van der Waals surface area contributed by atoms with Crippen molar-refractivity contribution < 1.29 is 4.79 Å². The van der Waals surface area contributed by atoms with Crippen LogP contribution in [0.2, 0.25) is 0 Å². The Kier molecular flexibility index (Phi) is 4.62. The van der Waals surface area contributed by atoms with Gasteiger partial charge in [0.1, 0.15) is 10.8 Å². The second-order valence-electron chi connectivity index (χ2n) is 4.34. The summed E-state index contributed by atoms with van der Waals surface area (Å²) in [6, 6.07) is 3.25. The van der Waals surface area contributed by atoms with Gasteiger partial charge in [0.15, 0.2) is 5.69 Å². The van der Waals surface area contributed by atoms with E-state index in [4.69, 9.17) is 0 Å². The number of amides is 1. The average molecular weight is 291 g/mol. The Bertz CT molecular complexity index is 581. The van der Waals surface area contributed by atoms with E-state index < -0.39 is 0 Å². The molecule has 2 heterocycles. The topological polar surface area (TPSA) is 79.8 Å². The number of carbonyl (C=O) groups excluding carboxylic acids is 1. The van der Waals surface area contributed by atoms with Gasteiger partial charge in [0.25, 0.3) is 5.91 Å². The third-order valence-corrected chi connectivity index (χ3v) is 3.71. The van der Waals surface area contributed by atoms with Crippen molar-refractivity contribution in [2.24, 2.45) is 0 Å². The van der Waals surface area contributed by atoms with E-state index in [-0.39, 0.29) is 11.9 Å². The number of aromatic nitrogens is 3. The van der Waals surface area contributed by atoms with Crippen LogP contribution in [-0.4, -0.2) is 27.6 Å². The number of aryl methyl sites for hydroxylation is 1. The third kappa shape index (κ3) is 3.51. The molecule has 20 heavy (non-hydrogen) atoms. The maximum Gasteiger partial charge on any atom is 0.272 e. The van der Waals surface area contributed by atoms with Crippen molar-refractivity contribution in [1.82, 2.24) is 20.5 Å². The minimum Gasteiger partial charge on any atom is -0.369 e. The lowest BCUT2D eigenvalue weighted by Gasteiger charge is -2.10. The molecule has 1 unspecified atom stereocenters. The number of anilines is 1. The summed E-state index contributed by atoms with van der Waals surface area (Å²) in [4.78, 5) is 17.4. The van der Waals surface area contributed by atoms with Crippen LogP contribution in [0.15, 0.2) is 18.3 Å². The summed E-state index contributed by atoms with van der Waals surface area (Å²) < 4.78 is 0. The van der Waals surface area contributed by atoms with Crippen molar-refractivity contribution in [3.63, 3.8) is 0 Å². The summed E-state index contributed by atoms with van der Waals surface area (Å²) in [5.74, 6) is 0.411. The SMILES string of the molecule is CCNc1ccc(C(=O)NC(C)c2ncc(C)s2)nn1. The second kappa shape index (κ2) is 6.42. The Morgan fingerprint density at radius 3 is 2.75 bits per heavy atom. The molecule has 0 aromatic carbocycles. The molecule has 2 N–H and O–H groups in total. The fraction of sp³-hybridized carbons (Fsp3) is 0.385. The summed E-state index contributed by atoms with van der Waals surface area (Å²) in [6.45, 7) is 6.62. The number of carbonyl (C=O) groups is 1. The number of hydrogen-bond acceptors (Lipinski definition) is 6. The van der Waals surface area contributed by atoms with Gasteiger partial charge < -0.3 is 10.6 Å². The normalized spacial score (nSPS) is 11.9. The van der Waals surface area contributed by atoms with Gasteiger partial charge in [-0.3, -0.25) is 4.79 Å². The van der Waals surface area contributed by atoms with Crippen LogP contribution in [-0.2, 0) is 0 Å². The van der Waals surface area contributed by atoms with E-state index in [2.05, 4.69) is 25.8 Å². The van der Waals surface area contributed by atoms with E-state index in [9.17, 15) is 4.79 Å². The highest BCUT2D eigenvalue weighted by Gasteiger charge is 2.15. The number of nitrogens with one attached hydrogen (secondary N) is 2. The zero-order chi connectivity index (χ0) is 14.5. The highest BCUT2D eigenvalue weighted by molar-refractivity contribution is 7.11. The molecule has 0 radical (unpaired) electrons. The Balaban J connectivity index is 2.00. The molecule has 6 nitrogen and oxygen atoms in total. The van der Waals surface area contributed by atoms with Crippen LogP contribution in [0.1, 0.15) is 40.3 Å². The highest BCUT2D eigenvalue weighted by atomic mass is 32.1. The number of rotatable bonds is 5. The van der Waals surface area contributed by atoms with Crippen molar-refractivity contribution >= 4 is 23.1 Å². The maximum absolute atomic E-state index is 12.0. The van der Waals surface area contributed by atoms with Crippen molar-refractivity contribution in [3.05, 3.63) is 33.9 Å². The minimum absolute atomic E-state index is 0.142. The molecule has 2 rings (SSSR count). The summed E-state index contributed by atoms with van der Waals surface area (Å²) in [5.41, 5.74) is 0.298. The van der Waals surface area contributed by atoms with E-state index in [1.807, 2.05) is 20.8 Å². The molecule has 0 saturated carbocycles. The second-order valence-corrected chi connectivity index (χ2v) is 5.60. The lowest BCUT2D eigenvalue weighted by atomic mass is 10.3. The van der Waals surface area contributed by atoms with Gasteiger partial charge >= 0.3 is 0 Å². The Morgan fingerprint density at radius 1 is 1.40 bits per heavy atom. The number of nitrogens with zero attached hydrogens (tertiary/aromatic N) is 3. The molecule has 106 valence electrons. The molecule has 0 aliphatic carbocycles. The minimum atomic E-state index is -0.249. The molecule has 2 aromatic heterocycles. The Morgan fingerprint density at radius 2 is 2.20 bits per heavy atom. The van der Waals surface area contributed by atoms with Crippen LogP contribution in [0.5, 0.6) is 0 Å². The molecule has 1 amide bonds. The fourth-order valence-corrected chi connectivity index (χ4v) is 2.41. The van der Waals surface area contributed by atoms with Crippen molar-refractivity contribution in [2.75, 3.05) is 11.9 Å². The van der Waals surface area contributed by atoms with Crippen molar-refractivity contribution in [1.29, 1.82) is 0 Å². The first kappa shape index (κ1) is 14.4. The first-order valence-electron chi connectivity index (χ1n) is 6.41. The van der Waals surface area contributed by atoms with Gasteiger partial charge in [-0.1, -0.05) is 0 Å². The monoisotopic (exact) mass is 291 g/mol. The summed E-state index contributed by atoms with van der Waals surface area (Å²) in [5, 5.41) is 14.6. The molecule has 0 saturated heterocycles. The van der Waals surface area contributed by atoms with E-state index in [0.29, 0.717) is 11.5 Å². The molecule has 0 aliphatic heterocycles. The van der Waals surface area contributed by atoms with Gasteiger partial charge in [-0.05, 0) is 32.9 Å². The van der Waals surface area contributed by atoms with Crippen LogP contribution >= 0.6 is 11.3 Å².